The van der Waals surface area contributed by atoms with Gasteiger partial charge in [0.05, 0.1) is 5.02 Å². The van der Waals surface area contributed by atoms with Gasteiger partial charge >= 0.3 is 0 Å². The number of rotatable bonds is 1. The van der Waals surface area contributed by atoms with Crippen molar-refractivity contribution in [3.05, 3.63) is 40.9 Å². The maximum atomic E-state index is 5.95. The van der Waals surface area contributed by atoms with E-state index in [9.17, 15) is 0 Å². The van der Waals surface area contributed by atoms with Crippen molar-refractivity contribution in [2.45, 2.75) is 0 Å². The summed E-state index contributed by atoms with van der Waals surface area (Å²) < 4.78 is 0. The molecule has 59 valence electrons. The lowest BCUT2D eigenvalue weighted by Crippen LogP contribution is -1.75. The number of halogens is 1. The zero-order valence-corrected chi connectivity index (χ0v) is 7.69. The minimum atomic E-state index is 0.701. The molecule has 0 saturated heterocycles. The molecule has 3 heteroatoms. The number of hydrogen-bond acceptors (Lipinski definition) is 2. The molecule has 2 aromatic rings. The van der Waals surface area contributed by atoms with Gasteiger partial charge in [-0.3, -0.25) is 0 Å². The molecule has 1 aromatic heterocycles. The minimum Gasteiger partial charge on any atom is -0.244 e. The van der Waals surface area contributed by atoms with Gasteiger partial charge in [0.15, 0.2) is 0 Å². The molecule has 0 fully saturated rings. The van der Waals surface area contributed by atoms with E-state index >= 15 is 0 Å². The van der Waals surface area contributed by atoms with Crippen LogP contribution >= 0.6 is 22.9 Å². The molecular weight excluding hydrogens is 190 g/mol. The maximum absolute atomic E-state index is 5.95. The summed E-state index contributed by atoms with van der Waals surface area (Å²) in [4.78, 5) is 4.17. The molecule has 0 aliphatic heterocycles. The molecular formula is C9H5ClNS. The number of benzene rings is 1. The molecule has 0 unspecified atom stereocenters. The van der Waals surface area contributed by atoms with Crippen LogP contribution in [0.25, 0.3) is 10.6 Å². The van der Waals surface area contributed by atoms with Crippen LogP contribution in [-0.2, 0) is 0 Å². The van der Waals surface area contributed by atoms with Crippen molar-refractivity contribution >= 4 is 22.9 Å². The Morgan fingerprint density at radius 3 is 3.08 bits per heavy atom. The second kappa shape index (κ2) is 3.25. The van der Waals surface area contributed by atoms with E-state index in [0.29, 0.717) is 5.02 Å². The molecule has 12 heavy (non-hydrogen) atoms. The summed E-state index contributed by atoms with van der Waals surface area (Å²) in [6.07, 6.45) is 1.77. The molecule has 0 aliphatic rings. The van der Waals surface area contributed by atoms with Crippen molar-refractivity contribution in [2.75, 3.05) is 0 Å². The second-order valence-electron chi connectivity index (χ2n) is 2.24. The van der Waals surface area contributed by atoms with Crippen molar-refractivity contribution in [1.29, 1.82) is 0 Å². The highest BCUT2D eigenvalue weighted by molar-refractivity contribution is 7.13. The van der Waals surface area contributed by atoms with Crippen LogP contribution in [0.2, 0.25) is 5.02 Å². The van der Waals surface area contributed by atoms with Gasteiger partial charge < -0.3 is 0 Å². The fourth-order valence-corrected chi connectivity index (χ4v) is 1.89. The highest BCUT2D eigenvalue weighted by atomic mass is 35.5. The monoisotopic (exact) mass is 194 g/mol. The van der Waals surface area contributed by atoms with Crippen LogP contribution in [0.3, 0.4) is 0 Å². The molecule has 0 spiro atoms. The normalized spacial score (nSPS) is 10.1. The lowest BCUT2D eigenvalue weighted by atomic mass is 10.2. The lowest BCUT2D eigenvalue weighted by molar-refractivity contribution is 1.41. The number of thiazole rings is 1. The fraction of sp³-hybridized carbons (Fsp3) is 0. The smallest absolute Gasteiger partial charge is 0.124 e. The van der Waals surface area contributed by atoms with E-state index in [1.54, 1.807) is 23.6 Å². The Labute approximate surface area is 79.7 Å². The van der Waals surface area contributed by atoms with Crippen LogP contribution in [0.5, 0.6) is 0 Å². The molecule has 2 rings (SSSR count). The van der Waals surface area contributed by atoms with E-state index in [4.69, 9.17) is 11.6 Å². The highest BCUT2D eigenvalue weighted by Gasteiger charge is 2.03. The molecule has 1 radical (unpaired) electrons. The van der Waals surface area contributed by atoms with Gasteiger partial charge in [0.2, 0.25) is 0 Å². The molecule has 0 atom stereocenters. The average molecular weight is 195 g/mol. The lowest BCUT2D eigenvalue weighted by Gasteiger charge is -1.97. The van der Waals surface area contributed by atoms with E-state index in [2.05, 4.69) is 11.1 Å². The van der Waals surface area contributed by atoms with Crippen LogP contribution in [0.4, 0.5) is 0 Å². The Morgan fingerprint density at radius 2 is 2.42 bits per heavy atom. The van der Waals surface area contributed by atoms with Gasteiger partial charge in [0.1, 0.15) is 5.01 Å². The maximum Gasteiger partial charge on any atom is 0.124 e. The summed E-state index contributed by atoms with van der Waals surface area (Å²) in [5.41, 5.74) is 0.977. The van der Waals surface area contributed by atoms with Gasteiger partial charge in [-0.05, 0) is 18.2 Å². The van der Waals surface area contributed by atoms with Crippen LogP contribution in [0.15, 0.2) is 29.8 Å². The third kappa shape index (κ3) is 1.36. The van der Waals surface area contributed by atoms with Crippen LogP contribution in [0, 0.1) is 6.07 Å². The third-order valence-corrected chi connectivity index (χ3v) is 2.60. The van der Waals surface area contributed by atoms with Crippen molar-refractivity contribution in [1.82, 2.24) is 4.98 Å². The zero-order valence-electron chi connectivity index (χ0n) is 6.12. The summed E-state index contributed by atoms with van der Waals surface area (Å²) >= 11 is 7.53. The van der Waals surface area contributed by atoms with Gasteiger partial charge in [-0.1, -0.05) is 17.7 Å². The zero-order chi connectivity index (χ0) is 8.39. The Morgan fingerprint density at radius 1 is 1.50 bits per heavy atom. The molecule has 0 aliphatic carbocycles. The molecule has 1 nitrogen and oxygen atoms in total. The third-order valence-electron chi connectivity index (χ3n) is 1.48. The topological polar surface area (TPSA) is 12.9 Å². The van der Waals surface area contributed by atoms with Crippen LogP contribution in [-0.4, -0.2) is 4.98 Å². The Balaban J connectivity index is 2.55. The minimum absolute atomic E-state index is 0.701. The first-order valence-electron chi connectivity index (χ1n) is 3.43. The highest BCUT2D eigenvalue weighted by Crippen LogP contribution is 2.28. The van der Waals surface area contributed by atoms with E-state index in [1.807, 2.05) is 17.5 Å². The van der Waals surface area contributed by atoms with Gasteiger partial charge in [0, 0.05) is 17.1 Å². The Hall–Kier alpha value is -0.860. The predicted molar refractivity (Wildman–Crippen MR) is 51.4 cm³/mol. The summed E-state index contributed by atoms with van der Waals surface area (Å²) in [5.74, 6) is 0. The van der Waals surface area contributed by atoms with Gasteiger partial charge in [-0.2, -0.15) is 0 Å². The molecule has 0 bridgehead atoms. The van der Waals surface area contributed by atoms with E-state index in [0.717, 1.165) is 10.6 Å². The van der Waals surface area contributed by atoms with E-state index in [-0.39, 0.29) is 0 Å². The summed E-state index contributed by atoms with van der Waals surface area (Å²) in [7, 11) is 0. The van der Waals surface area contributed by atoms with Crippen molar-refractivity contribution in [3.8, 4) is 10.6 Å². The van der Waals surface area contributed by atoms with Crippen molar-refractivity contribution in [3.63, 3.8) is 0 Å². The molecule has 0 saturated carbocycles. The number of nitrogens with zero attached hydrogens (tertiary/aromatic N) is 1. The van der Waals surface area contributed by atoms with E-state index in [1.165, 1.54) is 0 Å². The van der Waals surface area contributed by atoms with Crippen LogP contribution in [0.1, 0.15) is 0 Å². The summed E-state index contributed by atoms with van der Waals surface area (Å²) in [6, 6.07) is 8.41. The molecule has 1 aromatic carbocycles. The SMILES string of the molecule is Clc1c[c]ccc1-c1nccs1. The van der Waals surface area contributed by atoms with Gasteiger partial charge in [0.25, 0.3) is 0 Å². The van der Waals surface area contributed by atoms with Gasteiger partial charge in [-0.15, -0.1) is 11.3 Å². The first-order chi connectivity index (χ1) is 5.88. The molecule has 0 N–H and O–H groups in total. The standard InChI is InChI=1S/C9H5ClNS/c10-8-4-2-1-3-7(8)9-11-5-6-12-9/h1,3-6H. The van der Waals surface area contributed by atoms with Crippen LogP contribution < -0.4 is 0 Å². The first kappa shape index (κ1) is 7.77. The fourth-order valence-electron chi connectivity index (χ4n) is 0.940. The summed E-state index contributed by atoms with van der Waals surface area (Å²) in [5, 5.41) is 3.59. The van der Waals surface area contributed by atoms with Crippen molar-refractivity contribution in [2.24, 2.45) is 0 Å². The molecule has 1 heterocycles. The van der Waals surface area contributed by atoms with Gasteiger partial charge in [-0.25, -0.2) is 4.98 Å². The number of hydrogen-bond donors (Lipinski definition) is 0. The van der Waals surface area contributed by atoms with Crippen molar-refractivity contribution < 1.29 is 0 Å². The summed E-state index contributed by atoms with van der Waals surface area (Å²) in [6.45, 7) is 0. The first-order valence-corrected chi connectivity index (χ1v) is 4.69. The predicted octanol–water partition coefficient (Wildman–Crippen LogP) is 3.26. The largest absolute Gasteiger partial charge is 0.244 e. The van der Waals surface area contributed by atoms with E-state index < -0.39 is 0 Å². The molecule has 0 amide bonds. The Bertz CT molecular complexity index is 370. The second-order valence-corrected chi connectivity index (χ2v) is 3.54. The quantitative estimate of drug-likeness (QED) is 0.679. The number of aromatic nitrogens is 1. The Kier molecular flexibility index (Phi) is 2.11. The average Bonchev–Trinajstić information content (AvgIpc) is 2.57.